The molecule has 1 atom stereocenters. The molecule has 1 aromatic heterocycles. The molecule has 0 saturated heterocycles. The van der Waals surface area contributed by atoms with Crippen LogP contribution in [0.4, 0.5) is 5.82 Å². The van der Waals surface area contributed by atoms with Crippen LogP contribution in [-0.2, 0) is 0 Å². The maximum absolute atomic E-state index is 10.9. The lowest BCUT2D eigenvalue weighted by molar-refractivity contribution is -0.392. The SMILES string of the molecule is Cc1ncc([N+](=O)[O-])n1C(N)CCCCCCCN. The number of rotatable bonds is 9. The van der Waals surface area contributed by atoms with Gasteiger partial charge in [-0.05, 0) is 24.3 Å². The zero-order valence-corrected chi connectivity index (χ0v) is 11.4. The van der Waals surface area contributed by atoms with Crippen molar-refractivity contribution >= 4 is 5.82 Å². The number of nitro groups is 1. The molecule has 0 amide bonds. The molecule has 108 valence electrons. The molecular weight excluding hydrogens is 246 g/mol. The van der Waals surface area contributed by atoms with Crippen LogP contribution in [0.3, 0.4) is 0 Å². The van der Waals surface area contributed by atoms with Crippen molar-refractivity contribution in [1.82, 2.24) is 9.55 Å². The second-order valence-electron chi connectivity index (χ2n) is 4.70. The number of hydrogen-bond donors (Lipinski definition) is 2. The van der Waals surface area contributed by atoms with E-state index in [1.54, 1.807) is 6.92 Å². The second-order valence-corrected chi connectivity index (χ2v) is 4.70. The summed E-state index contributed by atoms with van der Waals surface area (Å²) in [6, 6.07) is 0. The normalized spacial score (nSPS) is 12.6. The Bertz CT molecular complexity index is 405. The molecule has 19 heavy (non-hydrogen) atoms. The Balaban J connectivity index is 2.43. The van der Waals surface area contributed by atoms with E-state index in [2.05, 4.69) is 4.98 Å². The van der Waals surface area contributed by atoms with E-state index in [4.69, 9.17) is 11.5 Å². The third-order valence-electron chi connectivity index (χ3n) is 3.19. The minimum Gasteiger partial charge on any atom is -0.358 e. The highest BCUT2D eigenvalue weighted by atomic mass is 16.6. The summed E-state index contributed by atoms with van der Waals surface area (Å²) in [4.78, 5) is 14.4. The highest BCUT2D eigenvalue weighted by Gasteiger charge is 2.22. The lowest BCUT2D eigenvalue weighted by atomic mass is 10.1. The van der Waals surface area contributed by atoms with Crippen molar-refractivity contribution in [2.75, 3.05) is 6.54 Å². The third kappa shape index (κ3) is 4.60. The largest absolute Gasteiger partial charge is 0.358 e. The highest BCUT2D eigenvalue weighted by molar-refractivity contribution is 5.19. The molecule has 0 bridgehead atoms. The Labute approximate surface area is 113 Å². The smallest absolute Gasteiger partial charge is 0.344 e. The Kier molecular flexibility index (Phi) is 6.44. The summed E-state index contributed by atoms with van der Waals surface area (Å²) in [7, 11) is 0. The van der Waals surface area contributed by atoms with Crippen LogP contribution in [0.25, 0.3) is 0 Å². The average Bonchev–Trinajstić information content (AvgIpc) is 2.75. The van der Waals surface area contributed by atoms with Crippen LogP contribution < -0.4 is 11.5 Å². The Morgan fingerprint density at radius 2 is 2.00 bits per heavy atom. The molecule has 0 radical (unpaired) electrons. The number of aromatic nitrogens is 2. The van der Waals surface area contributed by atoms with Crippen molar-refractivity contribution in [3.05, 3.63) is 22.1 Å². The molecular formula is C12H23N5O2. The molecule has 1 aromatic rings. The predicted molar refractivity (Wildman–Crippen MR) is 73.6 cm³/mol. The van der Waals surface area contributed by atoms with Gasteiger partial charge >= 0.3 is 5.82 Å². The first kappa shape index (κ1) is 15.6. The minimum atomic E-state index is -0.443. The molecule has 0 aliphatic carbocycles. The van der Waals surface area contributed by atoms with E-state index >= 15 is 0 Å². The third-order valence-corrected chi connectivity index (χ3v) is 3.19. The van der Waals surface area contributed by atoms with Crippen LogP contribution in [0.2, 0.25) is 0 Å². The molecule has 7 heteroatoms. The van der Waals surface area contributed by atoms with Crippen LogP contribution in [0, 0.1) is 17.0 Å². The summed E-state index contributed by atoms with van der Waals surface area (Å²) < 4.78 is 1.50. The first-order valence-corrected chi connectivity index (χ1v) is 6.71. The second kappa shape index (κ2) is 7.85. The van der Waals surface area contributed by atoms with E-state index in [1.165, 1.54) is 10.8 Å². The summed E-state index contributed by atoms with van der Waals surface area (Å²) >= 11 is 0. The molecule has 4 N–H and O–H groups in total. The van der Waals surface area contributed by atoms with Crippen LogP contribution in [0.1, 0.15) is 50.5 Å². The summed E-state index contributed by atoms with van der Waals surface area (Å²) in [5, 5.41) is 10.9. The standard InChI is InChI=1S/C12H23N5O2/c1-10-15-9-12(17(18)19)16(10)11(14)7-5-3-2-4-6-8-13/h9,11H,2-8,13-14H2,1H3. The van der Waals surface area contributed by atoms with Crippen LogP contribution in [-0.4, -0.2) is 21.0 Å². The van der Waals surface area contributed by atoms with Crippen LogP contribution in [0.15, 0.2) is 6.20 Å². The molecule has 0 fully saturated rings. The Morgan fingerprint density at radius 1 is 1.37 bits per heavy atom. The fraction of sp³-hybridized carbons (Fsp3) is 0.750. The number of imidazole rings is 1. The summed E-state index contributed by atoms with van der Waals surface area (Å²) in [6.07, 6.45) is 6.97. The zero-order valence-electron chi connectivity index (χ0n) is 11.4. The van der Waals surface area contributed by atoms with Crippen molar-refractivity contribution in [1.29, 1.82) is 0 Å². The van der Waals surface area contributed by atoms with Gasteiger partial charge in [0.05, 0.1) is 0 Å². The van der Waals surface area contributed by atoms with Gasteiger partial charge in [0.15, 0.2) is 12.0 Å². The first-order chi connectivity index (χ1) is 9.07. The molecule has 1 unspecified atom stereocenters. The molecule has 0 aromatic carbocycles. The fourth-order valence-electron chi connectivity index (χ4n) is 2.14. The molecule has 0 aliphatic heterocycles. The number of nitrogens with zero attached hydrogens (tertiary/aromatic N) is 3. The van der Waals surface area contributed by atoms with Gasteiger partial charge in [-0.15, -0.1) is 0 Å². The number of aryl methyl sites for hydroxylation is 1. The van der Waals surface area contributed by atoms with E-state index in [0.717, 1.165) is 45.1 Å². The van der Waals surface area contributed by atoms with Crippen molar-refractivity contribution in [3.8, 4) is 0 Å². The van der Waals surface area contributed by atoms with Crippen LogP contribution in [0.5, 0.6) is 0 Å². The van der Waals surface area contributed by atoms with Gasteiger partial charge in [-0.3, -0.25) is 5.73 Å². The lowest BCUT2D eigenvalue weighted by Gasteiger charge is -2.11. The van der Waals surface area contributed by atoms with E-state index in [9.17, 15) is 10.1 Å². The lowest BCUT2D eigenvalue weighted by Crippen LogP contribution is -2.21. The molecule has 0 spiro atoms. The Morgan fingerprint density at radius 3 is 2.63 bits per heavy atom. The highest BCUT2D eigenvalue weighted by Crippen LogP contribution is 2.21. The monoisotopic (exact) mass is 269 g/mol. The van der Waals surface area contributed by atoms with E-state index in [-0.39, 0.29) is 12.0 Å². The Hall–Kier alpha value is -1.47. The summed E-state index contributed by atoms with van der Waals surface area (Å²) in [5.41, 5.74) is 11.4. The molecule has 1 heterocycles. The van der Waals surface area contributed by atoms with Crippen molar-refractivity contribution in [2.45, 2.75) is 51.6 Å². The maximum Gasteiger partial charge on any atom is 0.344 e. The van der Waals surface area contributed by atoms with Gasteiger partial charge in [-0.25, -0.2) is 4.98 Å². The van der Waals surface area contributed by atoms with Gasteiger partial charge < -0.3 is 15.8 Å². The number of unbranched alkanes of at least 4 members (excludes halogenated alkanes) is 4. The van der Waals surface area contributed by atoms with Crippen LogP contribution >= 0.6 is 0 Å². The zero-order chi connectivity index (χ0) is 14.3. The predicted octanol–water partition coefficient (Wildman–Crippen LogP) is 1.86. The number of nitrogens with two attached hydrogens (primary N) is 2. The average molecular weight is 269 g/mol. The fourth-order valence-corrected chi connectivity index (χ4v) is 2.14. The molecule has 0 saturated carbocycles. The topological polar surface area (TPSA) is 113 Å². The summed E-state index contributed by atoms with van der Waals surface area (Å²) in [6.45, 7) is 2.47. The quantitative estimate of drug-likeness (QED) is 0.403. The van der Waals surface area contributed by atoms with Gasteiger partial charge in [0.2, 0.25) is 0 Å². The van der Waals surface area contributed by atoms with Gasteiger partial charge in [-0.1, -0.05) is 19.3 Å². The maximum atomic E-state index is 10.9. The molecule has 7 nitrogen and oxygen atoms in total. The van der Waals surface area contributed by atoms with Gasteiger partial charge in [0.1, 0.15) is 6.20 Å². The van der Waals surface area contributed by atoms with E-state index in [0.29, 0.717) is 5.82 Å². The first-order valence-electron chi connectivity index (χ1n) is 6.71. The molecule has 1 rings (SSSR count). The minimum absolute atomic E-state index is 0.0341. The van der Waals surface area contributed by atoms with E-state index < -0.39 is 4.92 Å². The van der Waals surface area contributed by atoms with E-state index in [1.807, 2.05) is 0 Å². The van der Waals surface area contributed by atoms with Gasteiger partial charge in [-0.2, -0.15) is 4.57 Å². The number of hydrogen-bond acceptors (Lipinski definition) is 5. The van der Waals surface area contributed by atoms with Crippen molar-refractivity contribution in [3.63, 3.8) is 0 Å². The summed E-state index contributed by atoms with van der Waals surface area (Å²) in [5.74, 6) is 0.551. The van der Waals surface area contributed by atoms with Gasteiger partial charge in [0, 0.05) is 13.3 Å². The van der Waals surface area contributed by atoms with Crippen molar-refractivity contribution in [2.24, 2.45) is 11.5 Å². The van der Waals surface area contributed by atoms with Gasteiger partial charge in [0.25, 0.3) is 0 Å². The molecule has 0 aliphatic rings. The van der Waals surface area contributed by atoms with Crippen molar-refractivity contribution < 1.29 is 4.92 Å².